The zero-order valence-electron chi connectivity index (χ0n) is 9.76. The summed E-state index contributed by atoms with van der Waals surface area (Å²) in [6, 6.07) is 0. The largest absolute Gasteiger partial charge is 0.461 e. The SMILES string of the molecule is C[C@@H]1C(=O)O[C@@H]2[C@H]3CCC[C@H]3CC[C@H](O)[C@H]21. The van der Waals surface area contributed by atoms with Crippen molar-refractivity contribution in [2.75, 3.05) is 0 Å². The summed E-state index contributed by atoms with van der Waals surface area (Å²) in [6.45, 7) is 1.91. The molecule has 0 aromatic rings. The van der Waals surface area contributed by atoms with Crippen LogP contribution in [0.25, 0.3) is 0 Å². The van der Waals surface area contributed by atoms with Crippen molar-refractivity contribution >= 4 is 5.97 Å². The van der Waals surface area contributed by atoms with Gasteiger partial charge in [0.05, 0.1) is 12.0 Å². The summed E-state index contributed by atoms with van der Waals surface area (Å²) in [4.78, 5) is 11.7. The summed E-state index contributed by atoms with van der Waals surface area (Å²) in [5, 5.41) is 10.2. The van der Waals surface area contributed by atoms with E-state index in [9.17, 15) is 9.90 Å². The van der Waals surface area contributed by atoms with E-state index < -0.39 is 0 Å². The number of carbonyl (C=O) groups excluding carboxylic acids is 1. The third kappa shape index (κ3) is 1.41. The molecule has 2 saturated carbocycles. The first-order valence-electron chi connectivity index (χ1n) is 6.57. The van der Waals surface area contributed by atoms with Crippen LogP contribution in [0.3, 0.4) is 0 Å². The lowest BCUT2D eigenvalue weighted by Gasteiger charge is -2.26. The van der Waals surface area contributed by atoms with Gasteiger partial charge in [-0.3, -0.25) is 4.79 Å². The van der Waals surface area contributed by atoms with E-state index in [0.717, 1.165) is 12.8 Å². The molecular weight excluding hydrogens is 204 g/mol. The maximum absolute atomic E-state index is 11.7. The van der Waals surface area contributed by atoms with Crippen LogP contribution in [-0.2, 0) is 9.53 Å². The van der Waals surface area contributed by atoms with Crippen LogP contribution in [-0.4, -0.2) is 23.3 Å². The lowest BCUT2D eigenvalue weighted by atomic mass is 9.81. The Hall–Kier alpha value is -0.570. The summed E-state index contributed by atoms with van der Waals surface area (Å²) in [5.41, 5.74) is 0. The normalized spacial score (nSPS) is 51.8. The molecule has 6 atom stereocenters. The standard InChI is InChI=1S/C13H20O3/c1-7-11-10(14)6-5-8-3-2-4-9(8)12(11)16-13(7)15/h7-12,14H,2-6H2,1H3/t7-,8-,9-,10-,11+,12+/m0/s1. The zero-order valence-corrected chi connectivity index (χ0v) is 9.76. The fourth-order valence-electron chi connectivity index (χ4n) is 4.12. The van der Waals surface area contributed by atoms with Gasteiger partial charge in [0.15, 0.2) is 0 Å². The molecule has 1 saturated heterocycles. The Morgan fingerprint density at radius 1 is 1.25 bits per heavy atom. The van der Waals surface area contributed by atoms with Gasteiger partial charge in [0.1, 0.15) is 6.10 Å². The van der Waals surface area contributed by atoms with Crippen LogP contribution in [0.2, 0.25) is 0 Å². The summed E-state index contributed by atoms with van der Waals surface area (Å²) >= 11 is 0. The van der Waals surface area contributed by atoms with Gasteiger partial charge < -0.3 is 9.84 Å². The van der Waals surface area contributed by atoms with Gasteiger partial charge in [-0.25, -0.2) is 0 Å². The topological polar surface area (TPSA) is 46.5 Å². The quantitative estimate of drug-likeness (QED) is 0.637. The van der Waals surface area contributed by atoms with Crippen molar-refractivity contribution < 1.29 is 14.6 Å². The van der Waals surface area contributed by atoms with Gasteiger partial charge in [-0.15, -0.1) is 0 Å². The molecule has 3 aliphatic rings. The second-order valence-electron chi connectivity index (χ2n) is 5.77. The minimum absolute atomic E-state index is 0.00694. The van der Waals surface area contributed by atoms with Gasteiger partial charge in [-0.1, -0.05) is 19.8 Å². The lowest BCUT2D eigenvalue weighted by Crippen LogP contribution is -2.34. The Morgan fingerprint density at radius 3 is 2.88 bits per heavy atom. The van der Waals surface area contributed by atoms with Crippen molar-refractivity contribution in [2.45, 2.75) is 51.2 Å². The second-order valence-corrected chi connectivity index (χ2v) is 5.77. The summed E-state index contributed by atoms with van der Waals surface area (Å²) in [7, 11) is 0. The van der Waals surface area contributed by atoms with Crippen molar-refractivity contribution in [2.24, 2.45) is 23.7 Å². The molecule has 0 unspecified atom stereocenters. The molecule has 0 spiro atoms. The van der Waals surface area contributed by atoms with Crippen LogP contribution in [0.4, 0.5) is 0 Å². The van der Waals surface area contributed by atoms with E-state index in [4.69, 9.17) is 4.74 Å². The second kappa shape index (κ2) is 3.73. The first-order chi connectivity index (χ1) is 7.68. The molecule has 90 valence electrons. The first-order valence-corrected chi connectivity index (χ1v) is 6.57. The third-order valence-corrected chi connectivity index (χ3v) is 5.00. The van der Waals surface area contributed by atoms with Crippen molar-refractivity contribution in [3.8, 4) is 0 Å². The molecule has 16 heavy (non-hydrogen) atoms. The average Bonchev–Trinajstić information content (AvgIpc) is 2.79. The van der Waals surface area contributed by atoms with Crippen LogP contribution < -0.4 is 0 Å². The monoisotopic (exact) mass is 224 g/mol. The minimum Gasteiger partial charge on any atom is -0.461 e. The average molecular weight is 224 g/mol. The van der Waals surface area contributed by atoms with E-state index in [2.05, 4.69) is 0 Å². The fraction of sp³-hybridized carbons (Fsp3) is 0.923. The molecule has 3 fully saturated rings. The molecule has 0 bridgehead atoms. The Kier molecular flexibility index (Phi) is 2.46. The number of esters is 1. The van der Waals surface area contributed by atoms with Gasteiger partial charge in [0, 0.05) is 5.92 Å². The highest BCUT2D eigenvalue weighted by Gasteiger charge is 2.52. The number of hydrogen-bond donors (Lipinski definition) is 1. The van der Waals surface area contributed by atoms with E-state index in [0.29, 0.717) is 11.8 Å². The van der Waals surface area contributed by atoms with E-state index in [1.54, 1.807) is 0 Å². The van der Waals surface area contributed by atoms with Crippen LogP contribution in [0, 0.1) is 23.7 Å². The van der Waals surface area contributed by atoms with E-state index in [1.165, 1.54) is 19.3 Å². The molecule has 0 amide bonds. The van der Waals surface area contributed by atoms with Gasteiger partial charge in [-0.05, 0) is 31.1 Å². The molecule has 2 aliphatic carbocycles. The molecule has 1 N–H and O–H groups in total. The van der Waals surface area contributed by atoms with E-state index in [-0.39, 0.29) is 30.0 Å². The molecule has 3 rings (SSSR count). The van der Waals surface area contributed by atoms with Crippen LogP contribution >= 0.6 is 0 Å². The van der Waals surface area contributed by atoms with E-state index >= 15 is 0 Å². The number of carbonyl (C=O) groups is 1. The predicted octanol–water partition coefficient (Wildman–Crippen LogP) is 1.74. The van der Waals surface area contributed by atoms with E-state index in [1.807, 2.05) is 6.92 Å². The Balaban J connectivity index is 1.91. The molecule has 0 radical (unpaired) electrons. The van der Waals surface area contributed by atoms with Gasteiger partial charge >= 0.3 is 5.97 Å². The summed E-state index contributed by atoms with van der Waals surface area (Å²) < 4.78 is 5.54. The predicted molar refractivity (Wildman–Crippen MR) is 58.6 cm³/mol. The number of aliphatic hydroxyl groups excluding tert-OH is 1. The Morgan fingerprint density at radius 2 is 2.06 bits per heavy atom. The number of ether oxygens (including phenoxy) is 1. The van der Waals surface area contributed by atoms with Gasteiger partial charge in [0.25, 0.3) is 0 Å². The molecule has 3 heteroatoms. The van der Waals surface area contributed by atoms with Gasteiger partial charge in [0.2, 0.25) is 0 Å². The fourth-order valence-corrected chi connectivity index (χ4v) is 4.12. The number of hydrogen-bond acceptors (Lipinski definition) is 3. The Labute approximate surface area is 96.2 Å². The number of aliphatic hydroxyl groups is 1. The van der Waals surface area contributed by atoms with Crippen molar-refractivity contribution in [1.82, 2.24) is 0 Å². The molecular formula is C13H20O3. The zero-order chi connectivity index (χ0) is 11.3. The first kappa shape index (κ1) is 10.6. The highest BCUT2D eigenvalue weighted by molar-refractivity contribution is 5.75. The van der Waals surface area contributed by atoms with Crippen molar-refractivity contribution in [3.05, 3.63) is 0 Å². The third-order valence-electron chi connectivity index (χ3n) is 5.00. The smallest absolute Gasteiger partial charge is 0.309 e. The van der Waals surface area contributed by atoms with Gasteiger partial charge in [-0.2, -0.15) is 0 Å². The molecule has 3 nitrogen and oxygen atoms in total. The van der Waals surface area contributed by atoms with Crippen molar-refractivity contribution in [3.63, 3.8) is 0 Å². The van der Waals surface area contributed by atoms with Crippen molar-refractivity contribution in [1.29, 1.82) is 0 Å². The molecule has 0 aromatic carbocycles. The maximum Gasteiger partial charge on any atom is 0.309 e. The number of rotatable bonds is 0. The highest BCUT2D eigenvalue weighted by atomic mass is 16.6. The molecule has 1 aliphatic heterocycles. The molecule has 1 heterocycles. The van der Waals surface area contributed by atoms with Crippen LogP contribution in [0.15, 0.2) is 0 Å². The minimum atomic E-state index is -0.336. The molecule has 0 aromatic heterocycles. The lowest BCUT2D eigenvalue weighted by molar-refractivity contribution is -0.146. The van der Waals surface area contributed by atoms with Crippen LogP contribution in [0.5, 0.6) is 0 Å². The highest BCUT2D eigenvalue weighted by Crippen LogP contribution is 2.48. The summed E-state index contributed by atoms with van der Waals surface area (Å²) in [6.07, 6.45) is 5.34. The van der Waals surface area contributed by atoms with Crippen LogP contribution in [0.1, 0.15) is 39.0 Å². The number of fused-ring (bicyclic) bond motifs is 3. The maximum atomic E-state index is 11.7. The Bertz CT molecular complexity index is 302. The summed E-state index contributed by atoms with van der Waals surface area (Å²) in [5.74, 6) is 1.06.